The Morgan fingerprint density at radius 2 is 2.05 bits per heavy atom. The summed E-state index contributed by atoms with van der Waals surface area (Å²) < 4.78 is -1.96. The molecule has 0 aliphatic rings. The number of halogens is 3. The molecule has 0 aliphatic heterocycles. The molecule has 1 N–H and O–H groups in total. The summed E-state index contributed by atoms with van der Waals surface area (Å²) in [5, 5.41) is 30.0. The first kappa shape index (κ1) is 17.2. The normalized spacial score (nSPS) is 12.3. The second-order valence-electron chi connectivity index (χ2n) is 3.97. The van der Waals surface area contributed by atoms with Gasteiger partial charge in [-0.25, -0.2) is 0 Å². The molecule has 0 amide bonds. The zero-order chi connectivity index (χ0) is 16.4. The molecule has 0 saturated heterocycles. The fourth-order valence-electron chi connectivity index (χ4n) is 1.42. The highest BCUT2D eigenvalue weighted by Gasteiger charge is 2.34. The van der Waals surface area contributed by atoms with Gasteiger partial charge in [-0.15, -0.1) is 0 Å². The largest absolute Gasteiger partial charge is 0.506 e. The van der Waals surface area contributed by atoms with Crippen molar-refractivity contribution >= 4 is 52.0 Å². The first-order chi connectivity index (χ1) is 9.59. The Bertz CT molecular complexity index is 687. The molecule has 9 heteroatoms. The van der Waals surface area contributed by atoms with Crippen LogP contribution in [-0.2, 0) is 4.79 Å². The van der Waals surface area contributed by atoms with Crippen molar-refractivity contribution in [1.82, 2.24) is 0 Å². The van der Waals surface area contributed by atoms with Gasteiger partial charge in [-0.2, -0.15) is 5.26 Å². The van der Waals surface area contributed by atoms with Crippen LogP contribution in [-0.4, -0.2) is 20.1 Å². The third-order valence-corrected chi connectivity index (χ3v) is 2.96. The molecule has 1 aromatic carbocycles. The lowest BCUT2D eigenvalue weighted by Crippen LogP contribution is -2.24. The highest BCUT2D eigenvalue weighted by molar-refractivity contribution is 6.60. The lowest BCUT2D eigenvalue weighted by atomic mass is 10.0. The predicted octanol–water partition coefficient (Wildman–Crippen LogP) is 3.80. The molecule has 21 heavy (non-hydrogen) atoms. The van der Waals surface area contributed by atoms with E-state index in [4.69, 9.17) is 40.1 Å². The molecular formula is C12H7Cl3N2O4. The smallest absolute Gasteiger partial charge is 0.281 e. The second kappa shape index (κ2) is 6.31. The van der Waals surface area contributed by atoms with E-state index in [1.165, 1.54) is 12.1 Å². The Hall–Kier alpha value is -1.81. The van der Waals surface area contributed by atoms with E-state index < -0.39 is 32.1 Å². The van der Waals surface area contributed by atoms with Gasteiger partial charge in [-0.05, 0) is 19.1 Å². The van der Waals surface area contributed by atoms with Gasteiger partial charge in [0, 0.05) is 11.1 Å². The zero-order valence-electron chi connectivity index (χ0n) is 10.4. The Morgan fingerprint density at radius 1 is 1.48 bits per heavy atom. The molecule has 0 spiro atoms. The van der Waals surface area contributed by atoms with Gasteiger partial charge in [-0.3, -0.25) is 14.9 Å². The van der Waals surface area contributed by atoms with Gasteiger partial charge in [0.15, 0.2) is 10.1 Å². The average molecular weight is 350 g/mol. The van der Waals surface area contributed by atoms with Crippen molar-refractivity contribution in [3.8, 4) is 6.07 Å². The molecule has 1 aromatic rings. The lowest BCUT2D eigenvalue weighted by molar-refractivity contribution is -0.385. The number of aliphatic hydroxyl groups is 1. The van der Waals surface area contributed by atoms with Crippen molar-refractivity contribution in [1.29, 1.82) is 5.26 Å². The summed E-state index contributed by atoms with van der Waals surface area (Å²) in [6.45, 7) is 1.11. The second-order valence-corrected chi connectivity index (χ2v) is 6.11. The van der Waals surface area contributed by atoms with Crippen LogP contribution in [0.1, 0.15) is 12.5 Å². The average Bonchev–Trinajstić information content (AvgIpc) is 2.37. The molecule has 0 fully saturated rings. The van der Waals surface area contributed by atoms with Crippen molar-refractivity contribution < 1.29 is 14.8 Å². The fraction of sp³-hybridized carbons (Fsp3) is 0.167. The van der Waals surface area contributed by atoms with Crippen molar-refractivity contribution in [3.05, 3.63) is 44.5 Å². The molecule has 0 unspecified atom stereocenters. The van der Waals surface area contributed by atoms with Crippen LogP contribution in [0.4, 0.5) is 5.69 Å². The minimum atomic E-state index is -1.96. The summed E-state index contributed by atoms with van der Waals surface area (Å²) in [6, 6.07) is 4.80. The third-order valence-electron chi connectivity index (χ3n) is 2.39. The summed E-state index contributed by atoms with van der Waals surface area (Å²) >= 11 is 16.8. The van der Waals surface area contributed by atoms with Crippen molar-refractivity contribution in [3.63, 3.8) is 0 Å². The number of rotatable bonds is 4. The Balaban J connectivity index is 3.58. The van der Waals surface area contributed by atoms with E-state index in [1.807, 2.05) is 0 Å². The fourth-order valence-corrected chi connectivity index (χ4v) is 1.78. The number of nitro groups is 1. The van der Waals surface area contributed by atoms with Gasteiger partial charge in [0.1, 0.15) is 11.6 Å². The van der Waals surface area contributed by atoms with Crippen molar-refractivity contribution in [2.24, 2.45) is 0 Å². The number of carbonyl (C=O) groups excluding carboxylic acids is 1. The molecule has 110 valence electrons. The van der Waals surface area contributed by atoms with Gasteiger partial charge in [-0.1, -0.05) is 34.8 Å². The summed E-state index contributed by atoms with van der Waals surface area (Å²) in [7, 11) is 0. The van der Waals surface area contributed by atoms with Crippen LogP contribution >= 0.6 is 34.8 Å². The van der Waals surface area contributed by atoms with Gasteiger partial charge in [0.05, 0.1) is 10.5 Å². The number of carbonyl (C=O) groups is 1. The van der Waals surface area contributed by atoms with Gasteiger partial charge in [0.2, 0.25) is 5.78 Å². The van der Waals surface area contributed by atoms with Crippen LogP contribution in [0.3, 0.4) is 0 Å². The topological polar surface area (TPSA) is 104 Å². The number of Topliss-reactive ketones (excluding diaryl/α,β-unsaturated/α-hetero) is 1. The van der Waals surface area contributed by atoms with E-state index in [2.05, 4.69) is 0 Å². The van der Waals surface area contributed by atoms with E-state index >= 15 is 0 Å². The first-order valence-corrected chi connectivity index (χ1v) is 6.43. The Labute approximate surface area is 134 Å². The van der Waals surface area contributed by atoms with E-state index in [9.17, 15) is 20.0 Å². The number of nitriles is 1. The van der Waals surface area contributed by atoms with Crippen LogP contribution in [0.15, 0.2) is 23.8 Å². The molecular weight excluding hydrogens is 343 g/mol. The van der Waals surface area contributed by atoms with E-state index in [0.29, 0.717) is 0 Å². The van der Waals surface area contributed by atoms with Crippen LogP contribution in [0.2, 0.25) is 5.02 Å². The van der Waals surface area contributed by atoms with Gasteiger partial charge in [0.25, 0.3) is 5.69 Å². The standard InChI is InChI=1S/C12H7Cl3N2O4/c1-12(14,15)11(19)8(5-16)10(18)7-3-2-6(13)4-9(7)17(20)21/h2-4,18H,1H3/b10-8-. The van der Waals surface area contributed by atoms with E-state index in [-0.39, 0.29) is 10.6 Å². The highest BCUT2D eigenvalue weighted by Crippen LogP contribution is 2.32. The SMILES string of the molecule is CC(Cl)(Cl)C(=O)/C(C#N)=C(\O)c1ccc(Cl)cc1[N+](=O)[O-]. The molecule has 0 saturated carbocycles. The lowest BCUT2D eigenvalue weighted by Gasteiger charge is -2.12. The zero-order valence-corrected chi connectivity index (χ0v) is 12.7. The Kier molecular flexibility index (Phi) is 5.18. The number of aliphatic hydroxyl groups excluding tert-OH is 1. The van der Waals surface area contributed by atoms with Crippen molar-refractivity contribution in [2.75, 3.05) is 0 Å². The highest BCUT2D eigenvalue weighted by atomic mass is 35.5. The number of alkyl halides is 2. The maximum Gasteiger partial charge on any atom is 0.281 e. The molecule has 6 nitrogen and oxygen atoms in total. The maximum absolute atomic E-state index is 11.9. The number of benzene rings is 1. The number of allylic oxidation sites excluding steroid dienone is 1. The first-order valence-electron chi connectivity index (χ1n) is 5.30. The quantitative estimate of drug-likeness (QED) is 0.222. The van der Waals surface area contributed by atoms with E-state index in [0.717, 1.165) is 19.1 Å². The van der Waals surface area contributed by atoms with Crippen LogP contribution in [0.25, 0.3) is 5.76 Å². The summed E-state index contributed by atoms with van der Waals surface area (Å²) in [5.41, 5.74) is -1.69. The molecule has 0 aliphatic carbocycles. The minimum absolute atomic E-state index is 0.0580. The molecule has 1 rings (SSSR count). The minimum Gasteiger partial charge on any atom is -0.506 e. The number of hydrogen-bond acceptors (Lipinski definition) is 5. The number of ketones is 1. The molecule has 0 atom stereocenters. The molecule has 0 heterocycles. The third kappa shape index (κ3) is 3.85. The number of nitrogens with zero attached hydrogens (tertiary/aromatic N) is 2. The predicted molar refractivity (Wildman–Crippen MR) is 78.4 cm³/mol. The number of nitro benzene ring substituents is 1. The molecule has 0 aromatic heterocycles. The maximum atomic E-state index is 11.9. The summed E-state index contributed by atoms with van der Waals surface area (Å²) in [4.78, 5) is 22.0. The monoisotopic (exact) mass is 348 g/mol. The van der Waals surface area contributed by atoms with Crippen molar-refractivity contribution in [2.45, 2.75) is 11.3 Å². The summed E-state index contributed by atoms with van der Waals surface area (Å²) in [6.07, 6.45) is 0. The summed E-state index contributed by atoms with van der Waals surface area (Å²) in [5.74, 6) is -1.96. The Morgan fingerprint density at radius 3 is 2.48 bits per heavy atom. The van der Waals surface area contributed by atoms with E-state index in [1.54, 1.807) is 0 Å². The van der Waals surface area contributed by atoms with Gasteiger partial charge >= 0.3 is 0 Å². The molecule has 0 radical (unpaired) electrons. The van der Waals surface area contributed by atoms with Crippen LogP contribution in [0, 0.1) is 21.4 Å². The van der Waals surface area contributed by atoms with Crippen LogP contribution < -0.4 is 0 Å². The van der Waals surface area contributed by atoms with Gasteiger partial charge < -0.3 is 5.11 Å². The molecule has 0 bridgehead atoms. The number of hydrogen-bond donors (Lipinski definition) is 1. The van der Waals surface area contributed by atoms with Crippen LogP contribution in [0.5, 0.6) is 0 Å².